The number of rotatable bonds is 12. The summed E-state index contributed by atoms with van der Waals surface area (Å²) >= 11 is 0. The number of methoxy groups -OCH3 is 1. The van der Waals surface area contributed by atoms with Gasteiger partial charge >= 0.3 is 0 Å². The average molecular weight is 473 g/mol. The second-order valence-electron chi connectivity index (χ2n) is 10.1. The predicted octanol–water partition coefficient (Wildman–Crippen LogP) is 2.75. The Morgan fingerprint density at radius 3 is 2.62 bits per heavy atom. The Bertz CT molecular complexity index is 957. The Kier molecular flexibility index (Phi) is 8.57. The Hall–Kier alpha value is -2.62. The van der Waals surface area contributed by atoms with Gasteiger partial charge in [-0.3, -0.25) is 9.59 Å². The van der Waals surface area contributed by atoms with Crippen LogP contribution < -0.4 is 5.32 Å². The zero-order valence-corrected chi connectivity index (χ0v) is 20.8. The summed E-state index contributed by atoms with van der Waals surface area (Å²) in [5, 5.41) is 7.15. The monoisotopic (exact) mass is 472 g/mol. The number of ether oxygens (including phenoxy) is 2. The van der Waals surface area contributed by atoms with Gasteiger partial charge in [0.05, 0.1) is 37.8 Å². The smallest absolute Gasteiger partial charge is 0.240 e. The SMILES string of the molecule is COCC(C)(C)c1nc(C(=O)C2CCCN2C(=O)CNC(C)(C)COCc2ccccc2)no1. The highest BCUT2D eigenvalue weighted by Gasteiger charge is 2.38. The molecule has 1 atom stereocenters. The Balaban J connectivity index is 1.53. The van der Waals surface area contributed by atoms with Crippen molar-refractivity contribution < 1.29 is 23.6 Å². The van der Waals surface area contributed by atoms with E-state index in [0.717, 1.165) is 12.0 Å². The third-order valence-electron chi connectivity index (χ3n) is 5.90. The molecular weight excluding hydrogens is 436 g/mol. The third kappa shape index (κ3) is 6.71. The minimum absolute atomic E-state index is 0.00600. The molecule has 0 bridgehead atoms. The van der Waals surface area contributed by atoms with E-state index in [-0.39, 0.29) is 24.1 Å². The number of ketones is 1. The molecule has 1 aromatic carbocycles. The van der Waals surface area contributed by atoms with Gasteiger partial charge in [0.15, 0.2) is 0 Å². The minimum Gasteiger partial charge on any atom is -0.384 e. The molecule has 0 radical (unpaired) electrons. The summed E-state index contributed by atoms with van der Waals surface area (Å²) in [4.78, 5) is 32.0. The van der Waals surface area contributed by atoms with Gasteiger partial charge in [0.25, 0.3) is 0 Å². The van der Waals surface area contributed by atoms with Crippen molar-refractivity contribution in [3.8, 4) is 0 Å². The normalized spacial score (nSPS) is 16.7. The van der Waals surface area contributed by atoms with Crippen molar-refractivity contribution in [1.82, 2.24) is 20.4 Å². The lowest BCUT2D eigenvalue weighted by molar-refractivity contribution is -0.130. The maximum Gasteiger partial charge on any atom is 0.240 e. The summed E-state index contributed by atoms with van der Waals surface area (Å²) in [6.07, 6.45) is 1.34. The van der Waals surface area contributed by atoms with E-state index in [1.165, 1.54) is 0 Å². The van der Waals surface area contributed by atoms with Gasteiger partial charge in [0, 0.05) is 19.2 Å². The number of benzene rings is 1. The maximum atomic E-state index is 13.1. The van der Waals surface area contributed by atoms with Gasteiger partial charge in [-0.1, -0.05) is 35.5 Å². The van der Waals surface area contributed by atoms with Crippen molar-refractivity contribution in [3.63, 3.8) is 0 Å². The standard InChI is InChI=1S/C25H36N4O5/c1-24(2,16-32-5)23-27-22(28-34-23)21(31)19-12-9-13-29(19)20(30)14-26-25(3,4)17-33-15-18-10-7-6-8-11-18/h6-8,10-11,19,26H,9,12-17H2,1-5H3. The summed E-state index contributed by atoms with van der Waals surface area (Å²) in [6, 6.07) is 9.37. The third-order valence-corrected chi connectivity index (χ3v) is 5.90. The molecule has 1 aliphatic heterocycles. The predicted molar refractivity (Wildman–Crippen MR) is 126 cm³/mol. The number of hydrogen-bond acceptors (Lipinski definition) is 8. The highest BCUT2D eigenvalue weighted by atomic mass is 16.5. The molecule has 186 valence electrons. The van der Waals surface area contributed by atoms with Crippen molar-refractivity contribution in [2.45, 2.75) is 64.1 Å². The number of hydrogen-bond donors (Lipinski definition) is 1. The van der Waals surface area contributed by atoms with Crippen LogP contribution in [0.15, 0.2) is 34.9 Å². The zero-order chi connectivity index (χ0) is 24.8. The Morgan fingerprint density at radius 1 is 1.18 bits per heavy atom. The molecule has 2 heterocycles. The van der Waals surface area contributed by atoms with E-state index in [1.807, 2.05) is 58.0 Å². The first-order valence-corrected chi connectivity index (χ1v) is 11.7. The van der Waals surface area contributed by atoms with Gasteiger partial charge in [0.1, 0.15) is 0 Å². The molecule has 0 saturated carbocycles. The number of nitrogens with zero attached hydrogens (tertiary/aromatic N) is 3. The van der Waals surface area contributed by atoms with Gasteiger partial charge in [0.2, 0.25) is 23.4 Å². The van der Waals surface area contributed by atoms with Crippen LogP contribution in [0.4, 0.5) is 0 Å². The van der Waals surface area contributed by atoms with E-state index in [1.54, 1.807) is 12.0 Å². The molecule has 2 aromatic rings. The summed E-state index contributed by atoms with van der Waals surface area (Å²) in [7, 11) is 1.59. The molecule has 0 aliphatic carbocycles. The van der Waals surface area contributed by atoms with Crippen LogP contribution in [0.1, 0.15) is 62.6 Å². The maximum absolute atomic E-state index is 13.1. The number of nitrogens with one attached hydrogen (secondary N) is 1. The molecule has 1 aliphatic rings. The molecule has 9 nitrogen and oxygen atoms in total. The van der Waals surface area contributed by atoms with Crippen molar-refractivity contribution in [1.29, 1.82) is 0 Å². The highest BCUT2D eigenvalue weighted by Crippen LogP contribution is 2.24. The van der Waals surface area contributed by atoms with E-state index in [9.17, 15) is 9.59 Å². The van der Waals surface area contributed by atoms with E-state index in [4.69, 9.17) is 14.0 Å². The summed E-state index contributed by atoms with van der Waals surface area (Å²) in [6.45, 7) is 9.76. The molecule has 1 fully saturated rings. The number of aromatic nitrogens is 2. The van der Waals surface area contributed by atoms with Gasteiger partial charge in [-0.25, -0.2) is 0 Å². The van der Waals surface area contributed by atoms with Crippen LogP contribution in [-0.2, 0) is 26.3 Å². The Morgan fingerprint density at radius 2 is 1.91 bits per heavy atom. The second kappa shape index (κ2) is 11.2. The largest absolute Gasteiger partial charge is 0.384 e. The van der Waals surface area contributed by atoms with E-state index in [0.29, 0.717) is 38.7 Å². The van der Waals surface area contributed by atoms with Crippen LogP contribution in [0.3, 0.4) is 0 Å². The number of amides is 1. The van der Waals surface area contributed by atoms with E-state index < -0.39 is 17.0 Å². The van der Waals surface area contributed by atoms with Crippen molar-refractivity contribution in [2.75, 3.05) is 33.4 Å². The van der Waals surface area contributed by atoms with Gasteiger partial charge in [-0.05, 0) is 46.1 Å². The fourth-order valence-electron chi connectivity index (χ4n) is 3.97. The second-order valence-corrected chi connectivity index (χ2v) is 10.1. The fourth-order valence-corrected chi connectivity index (χ4v) is 3.97. The minimum atomic E-state index is -0.581. The van der Waals surface area contributed by atoms with E-state index in [2.05, 4.69) is 15.5 Å². The van der Waals surface area contributed by atoms with Crippen LogP contribution in [0.2, 0.25) is 0 Å². The lowest BCUT2D eigenvalue weighted by Gasteiger charge is -2.29. The van der Waals surface area contributed by atoms with Crippen molar-refractivity contribution in [2.24, 2.45) is 0 Å². The Labute approximate surface area is 201 Å². The number of Topliss-reactive ketones (excluding diaryl/α,β-unsaturated/α-hetero) is 1. The first-order valence-electron chi connectivity index (χ1n) is 11.7. The quantitative estimate of drug-likeness (QED) is 0.470. The molecule has 1 aromatic heterocycles. The first kappa shape index (κ1) is 26.0. The molecular formula is C25H36N4O5. The highest BCUT2D eigenvalue weighted by molar-refractivity contribution is 5.99. The van der Waals surface area contributed by atoms with Crippen LogP contribution in [0.5, 0.6) is 0 Å². The summed E-state index contributed by atoms with van der Waals surface area (Å²) in [5.41, 5.74) is 0.186. The van der Waals surface area contributed by atoms with Gasteiger partial charge in [-0.15, -0.1) is 0 Å². The van der Waals surface area contributed by atoms with Crippen molar-refractivity contribution in [3.05, 3.63) is 47.6 Å². The molecule has 1 N–H and O–H groups in total. The first-order chi connectivity index (χ1) is 16.1. The molecule has 1 saturated heterocycles. The number of carbonyl (C=O) groups is 2. The molecule has 3 rings (SSSR count). The number of carbonyl (C=O) groups excluding carboxylic acids is 2. The zero-order valence-electron chi connectivity index (χ0n) is 20.8. The lowest BCUT2D eigenvalue weighted by Crippen LogP contribution is -2.51. The summed E-state index contributed by atoms with van der Waals surface area (Å²) in [5.74, 6) is -0.0751. The molecule has 1 unspecified atom stereocenters. The van der Waals surface area contributed by atoms with E-state index >= 15 is 0 Å². The molecule has 1 amide bonds. The molecule has 9 heteroatoms. The van der Waals surface area contributed by atoms with Crippen LogP contribution in [0, 0.1) is 0 Å². The fraction of sp³-hybridized carbons (Fsp3) is 0.600. The lowest BCUT2D eigenvalue weighted by atomic mass is 9.95. The topological polar surface area (TPSA) is 107 Å². The average Bonchev–Trinajstić information content (AvgIpc) is 3.48. The molecule has 0 spiro atoms. The van der Waals surface area contributed by atoms with Crippen LogP contribution in [-0.4, -0.2) is 71.7 Å². The molecule has 34 heavy (non-hydrogen) atoms. The van der Waals surface area contributed by atoms with Crippen molar-refractivity contribution >= 4 is 11.7 Å². The van der Waals surface area contributed by atoms with Gasteiger partial charge in [-0.2, -0.15) is 4.98 Å². The van der Waals surface area contributed by atoms with Crippen LogP contribution in [0.25, 0.3) is 0 Å². The van der Waals surface area contributed by atoms with Crippen LogP contribution >= 0.6 is 0 Å². The number of likely N-dealkylation sites (tertiary alicyclic amines) is 1. The summed E-state index contributed by atoms with van der Waals surface area (Å²) < 4.78 is 16.4. The van der Waals surface area contributed by atoms with Gasteiger partial charge < -0.3 is 24.2 Å².